The summed E-state index contributed by atoms with van der Waals surface area (Å²) >= 11 is 1.18. The van der Waals surface area contributed by atoms with Crippen molar-refractivity contribution >= 4 is 34.3 Å². The Morgan fingerprint density at radius 2 is 1.56 bits per heavy atom. The molecule has 0 radical (unpaired) electrons. The van der Waals surface area contributed by atoms with E-state index in [1.165, 1.54) is 16.3 Å². The normalized spacial score (nSPS) is 11.4. The van der Waals surface area contributed by atoms with Crippen LogP contribution in [0.5, 0.6) is 5.75 Å². The number of amides is 1. The summed E-state index contributed by atoms with van der Waals surface area (Å²) in [6.45, 7) is 1.84. The summed E-state index contributed by atoms with van der Waals surface area (Å²) in [5, 5.41) is 5.19. The number of nitrogens with one attached hydrogen (secondary N) is 1. The molecule has 39 heavy (non-hydrogen) atoms. The zero-order chi connectivity index (χ0) is 27.2. The number of aromatic nitrogens is 2. The largest absolute Gasteiger partial charge is 0.497 e. The van der Waals surface area contributed by atoms with E-state index in [4.69, 9.17) is 4.74 Å². The molecule has 0 saturated carbocycles. The van der Waals surface area contributed by atoms with Crippen LogP contribution < -0.4 is 15.7 Å². The predicted octanol–water partition coefficient (Wildman–Crippen LogP) is 5.69. The Labute approximate surface area is 230 Å². The number of benzene rings is 4. The fourth-order valence-corrected chi connectivity index (χ4v) is 4.88. The summed E-state index contributed by atoms with van der Waals surface area (Å²) < 4.78 is 6.76. The second-order valence-corrected chi connectivity index (χ2v) is 9.66. The average Bonchev–Trinajstić information content (AvgIpc) is 2.99. The minimum absolute atomic E-state index is 0.0324. The summed E-state index contributed by atoms with van der Waals surface area (Å²) in [6, 6.07) is 32.5. The van der Waals surface area contributed by atoms with Gasteiger partial charge in [0.15, 0.2) is 5.16 Å². The molecule has 0 aliphatic heterocycles. The number of carbonyl (C=O) groups is 1. The zero-order valence-corrected chi connectivity index (χ0v) is 22.3. The summed E-state index contributed by atoms with van der Waals surface area (Å²) in [4.78, 5) is 30.8. The standard InChI is InChI=1S/C31H26N4O3S/c1-21(22-12-14-24(15-13-22)23-8-4-3-5-9-23)33-34-29(36)20-39-31-32-28-11-7-6-10-27(28)30(37)35(31)25-16-18-26(38-2)19-17-25/h3-19H,20H2,1-2H3,(H,34,36)/b33-21-. The minimum atomic E-state index is -0.302. The van der Waals surface area contributed by atoms with Gasteiger partial charge < -0.3 is 4.74 Å². The molecule has 5 aromatic rings. The topological polar surface area (TPSA) is 85.6 Å². The van der Waals surface area contributed by atoms with Crippen LogP contribution in [0.2, 0.25) is 0 Å². The van der Waals surface area contributed by atoms with Crippen molar-refractivity contribution in [3.63, 3.8) is 0 Å². The molecular formula is C31H26N4O3S. The maximum Gasteiger partial charge on any atom is 0.266 e. The van der Waals surface area contributed by atoms with Gasteiger partial charge in [0, 0.05) is 0 Å². The number of fused-ring (bicyclic) bond motifs is 1. The maximum atomic E-state index is 13.4. The van der Waals surface area contributed by atoms with Crippen molar-refractivity contribution in [1.82, 2.24) is 15.0 Å². The van der Waals surface area contributed by atoms with Gasteiger partial charge in [-0.2, -0.15) is 5.10 Å². The summed E-state index contributed by atoms with van der Waals surface area (Å²) in [5.74, 6) is 0.408. The van der Waals surface area contributed by atoms with E-state index in [9.17, 15) is 9.59 Å². The predicted molar refractivity (Wildman–Crippen MR) is 157 cm³/mol. The first-order valence-corrected chi connectivity index (χ1v) is 13.3. The molecule has 1 amide bonds. The molecule has 0 unspecified atom stereocenters. The number of hydrazone groups is 1. The highest BCUT2D eigenvalue weighted by Crippen LogP contribution is 2.23. The highest BCUT2D eigenvalue weighted by molar-refractivity contribution is 7.99. The molecule has 5 rings (SSSR count). The highest BCUT2D eigenvalue weighted by Gasteiger charge is 2.15. The van der Waals surface area contributed by atoms with Crippen molar-refractivity contribution in [2.45, 2.75) is 12.1 Å². The molecule has 0 aliphatic carbocycles. The van der Waals surface area contributed by atoms with Crippen LogP contribution in [0.3, 0.4) is 0 Å². The number of thioether (sulfide) groups is 1. The van der Waals surface area contributed by atoms with Gasteiger partial charge in [0.25, 0.3) is 11.5 Å². The van der Waals surface area contributed by atoms with E-state index >= 15 is 0 Å². The van der Waals surface area contributed by atoms with Gasteiger partial charge in [0.2, 0.25) is 0 Å². The van der Waals surface area contributed by atoms with Gasteiger partial charge in [-0.1, -0.05) is 78.5 Å². The van der Waals surface area contributed by atoms with Gasteiger partial charge in [0.1, 0.15) is 5.75 Å². The number of carbonyl (C=O) groups excluding carboxylic acids is 1. The quantitative estimate of drug-likeness (QED) is 0.120. The molecule has 1 aromatic heterocycles. The number of ether oxygens (including phenoxy) is 1. The van der Waals surface area contributed by atoms with E-state index in [0.717, 1.165) is 16.7 Å². The van der Waals surface area contributed by atoms with E-state index in [0.29, 0.717) is 33.2 Å². The maximum absolute atomic E-state index is 13.4. The van der Waals surface area contributed by atoms with Crippen LogP contribution in [0, 0.1) is 0 Å². The second kappa shape index (κ2) is 11.8. The lowest BCUT2D eigenvalue weighted by atomic mass is 10.0. The molecule has 0 atom stereocenters. The number of para-hydroxylation sites is 1. The first-order valence-electron chi connectivity index (χ1n) is 12.3. The van der Waals surface area contributed by atoms with E-state index in [-0.39, 0.29) is 17.2 Å². The molecule has 7 nitrogen and oxygen atoms in total. The van der Waals surface area contributed by atoms with Crippen molar-refractivity contribution in [2.75, 3.05) is 12.9 Å². The lowest BCUT2D eigenvalue weighted by molar-refractivity contribution is -0.118. The molecule has 8 heteroatoms. The molecule has 0 saturated heterocycles. The monoisotopic (exact) mass is 534 g/mol. The smallest absolute Gasteiger partial charge is 0.266 e. The van der Waals surface area contributed by atoms with E-state index in [1.807, 2.05) is 55.5 Å². The minimum Gasteiger partial charge on any atom is -0.497 e. The lowest BCUT2D eigenvalue weighted by Crippen LogP contribution is -2.24. The van der Waals surface area contributed by atoms with Gasteiger partial charge in [-0.3, -0.25) is 14.2 Å². The van der Waals surface area contributed by atoms with Gasteiger partial charge in [-0.25, -0.2) is 10.4 Å². The van der Waals surface area contributed by atoms with Crippen molar-refractivity contribution in [3.05, 3.63) is 119 Å². The lowest BCUT2D eigenvalue weighted by Gasteiger charge is -2.13. The fourth-order valence-electron chi connectivity index (χ4n) is 4.08. The van der Waals surface area contributed by atoms with Crippen LogP contribution in [-0.4, -0.2) is 34.0 Å². The highest BCUT2D eigenvalue weighted by atomic mass is 32.2. The van der Waals surface area contributed by atoms with Crippen molar-refractivity contribution in [1.29, 1.82) is 0 Å². The van der Waals surface area contributed by atoms with Crippen LogP contribution >= 0.6 is 11.8 Å². The Hall–Kier alpha value is -4.69. The number of hydrogen-bond acceptors (Lipinski definition) is 6. The Morgan fingerprint density at radius 1 is 0.897 bits per heavy atom. The van der Waals surface area contributed by atoms with Gasteiger partial charge >= 0.3 is 0 Å². The summed E-state index contributed by atoms with van der Waals surface area (Å²) in [7, 11) is 1.59. The SMILES string of the molecule is COc1ccc(-n2c(SCC(=O)N/N=C(/C)c3ccc(-c4ccccc4)cc3)nc3ccccc3c2=O)cc1. The first-order chi connectivity index (χ1) is 19.0. The summed E-state index contributed by atoms with van der Waals surface area (Å²) in [6.07, 6.45) is 0. The second-order valence-electron chi connectivity index (χ2n) is 8.71. The zero-order valence-electron chi connectivity index (χ0n) is 21.5. The van der Waals surface area contributed by atoms with Crippen molar-refractivity contribution in [2.24, 2.45) is 5.10 Å². The van der Waals surface area contributed by atoms with Gasteiger partial charge in [0.05, 0.1) is 35.2 Å². The number of methoxy groups -OCH3 is 1. The molecule has 1 N–H and O–H groups in total. The molecule has 0 bridgehead atoms. The van der Waals surface area contributed by atoms with Crippen LogP contribution in [0.25, 0.3) is 27.7 Å². The van der Waals surface area contributed by atoms with Crippen molar-refractivity contribution in [3.8, 4) is 22.6 Å². The average molecular weight is 535 g/mol. The number of nitrogens with zero attached hydrogens (tertiary/aromatic N) is 3. The molecule has 194 valence electrons. The molecule has 0 aliphatic rings. The number of rotatable bonds is 8. The third-order valence-corrected chi connectivity index (χ3v) is 7.10. The first kappa shape index (κ1) is 25.9. The van der Waals surface area contributed by atoms with Crippen LogP contribution in [-0.2, 0) is 4.79 Å². The van der Waals surface area contributed by atoms with Crippen LogP contribution in [0.1, 0.15) is 12.5 Å². The van der Waals surface area contributed by atoms with E-state index in [1.54, 1.807) is 49.6 Å². The third-order valence-electron chi connectivity index (χ3n) is 6.17. The Balaban J connectivity index is 1.32. The molecule has 0 fully saturated rings. The molecule has 0 spiro atoms. The van der Waals surface area contributed by atoms with Crippen LogP contribution in [0.15, 0.2) is 118 Å². The molecule has 4 aromatic carbocycles. The van der Waals surface area contributed by atoms with Crippen molar-refractivity contribution < 1.29 is 9.53 Å². The number of hydrogen-bond donors (Lipinski definition) is 1. The van der Waals surface area contributed by atoms with E-state index in [2.05, 4.69) is 27.6 Å². The van der Waals surface area contributed by atoms with Gasteiger partial charge in [-0.15, -0.1) is 0 Å². The Kier molecular flexibility index (Phi) is 7.84. The Bertz CT molecular complexity index is 1700. The Morgan fingerprint density at radius 3 is 2.28 bits per heavy atom. The summed E-state index contributed by atoms with van der Waals surface area (Å²) in [5.41, 5.74) is 7.46. The van der Waals surface area contributed by atoms with E-state index < -0.39 is 0 Å². The molecule has 1 heterocycles. The fraction of sp³-hybridized carbons (Fsp3) is 0.0968. The molecular weight excluding hydrogens is 508 g/mol. The third kappa shape index (κ3) is 5.91. The van der Waals surface area contributed by atoms with Crippen LogP contribution in [0.4, 0.5) is 0 Å². The van der Waals surface area contributed by atoms with Gasteiger partial charge in [-0.05, 0) is 60.0 Å².